The highest BCUT2D eigenvalue weighted by Gasteiger charge is 2.32. The van der Waals surface area contributed by atoms with Crippen LogP contribution in [-0.4, -0.2) is 42.1 Å². The number of halogens is 4. The van der Waals surface area contributed by atoms with E-state index in [4.69, 9.17) is 11.6 Å². The summed E-state index contributed by atoms with van der Waals surface area (Å²) in [6.07, 6.45) is -3.70. The molecule has 1 fully saturated rings. The predicted molar refractivity (Wildman–Crippen MR) is 111 cm³/mol. The average Bonchev–Trinajstić information content (AvgIpc) is 2.71. The summed E-state index contributed by atoms with van der Waals surface area (Å²) in [7, 11) is 0. The van der Waals surface area contributed by atoms with E-state index in [-0.39, 0.29) is 23.0 Å². The van der Waals surface area contributed by atoms with Gasteiger partial charge in [0.2, 0.25) is 0 Å². The van der Waals surface area contributed by atoms with E-state index in [0.29, 0.717) is 32.0 Å². The molecule has 1 N–H and O–H groups in total. The summed E-state index contributed by atoms with van der Waals surface area (Å²) in [4.78, 5) is 20.2. The Morgan fingerprint density at radius 2 is 1.77 bits per heavy atom. The molecule has 1 unspecified atom stereocenters. The van der Waals surface area contributed by atoms with Crippen LogP contribution < -0.4 is 10.2 Å². The van der Waals surface area contributed by atoms with Crippen LogP contribution in [0.4, 0.5) is 23.8 Å². The topological polar surface area (TPSA) is 48.5 Å². The van der Waals surface area contributed by atoms with E-state index in [1.807, 2.05) is 44.2 Å². The maximum Gasteiger partial charge on any atom is 0.417 e. The van der Waals surface area contributed by atoms with Crippen molar-refractivity contribution in [2.24, 2.45) is 5.92 Å². The van der Waals surface area contributed by atoms with Gasteiger partial charge >= 0.3 is 12.2 Å². The summed E-state index contributed by atoms with van der Waals surface area (Å²) >= 11 is 6.04. The molecule has 9 heteroatoms. The van der Waals surface area contributed by atoms with Gasteiger partial charge in [-0.2, -0.15) is 13.2 Å². The Kier molecular flexibility index (Phi) is 6.75. The second kappa shape index (κ2) is 9.12. The molecule has 0 bridgehead atoms. The van der Waals surface area contributed by atoms with E-state index >= 15 is 0 Å². The molecule has 30 heavy (non-hydrogen) atoms. The van der Waals surface area contributed by atoms with Crippen molar-refractivity contribution in [2.75, 3.05) is 31.1 Å². The van der Waals surface area contributed by atoms with Crippen LogP contribution in [0, 0.1) is 5.92 Å². The number of aromatic nitrogens is 1. The molecule has 1 saturated heterocycles. The summed E-state index contributed by atoms with van der Waals surface area (Å²) < 4.78 is 38.4. The molecule has 162 valence electrons. The zero-order valence-electron chi connectivity index (χ0n) is 16.8. The molecule has 1 aliphatic heterocycles. The van der Waals surface area contributed by atoms with E-state index < -0.39 is 11.7 Å². The van der Waals surface area contributed by atoms with Gasteiger partial charge in [-0.25, -0.2) is 9.78 Å². The third-order valence-electron chi connectivity index (χ3n) is 5.12. The Hall–Kier alpha value is -2.48. The van der Waals surface area contributed by atoms with Crippen LogP contribution in [0.1, 0.15) is 31.0 Å². The highest BCUT2D eigenvalue weighted by Crippen LogP contribution is 2.33. The summed E-state index contributed by atoms with van der Waals surface area (Å²) in [5.41, 5.74) is 0.162. The van der Waals surface area contributed by atoms with E-state index in [0.717, 1.165) is 17.8 Å². The van der Waals surface area contributed by atoms with Crippen molar-refractivity contribution in [3.63, 3.8) is 0 Å². The number of nitrogens with one attached hydrogen (secondary N) is 1. The second-order valence-electron chi connectivity index (χ2n) is 7.58. The number of pyridine rings is 1. The van der Waals surface area contributed by atoms with Gasteiger partial charge < -0.3 is 15.1 Å². The molecule has 0 spiro atoms. The molecular formula is C21H24ClF3N4O. The number of rotatable bonds is 4. The average molecular weight is 441 g/mol. The largest absolute Gasteiger partial charge is 0.417 e. The number of hydrogen-bond acceptors (Lipinski definition) is 3. The van der Waals surface area contributed by atoms with Gasteiger partial charge in [0.15, 0.2) is 0 Å². The standard InChI is InChI=1S/C21H24ClF3N4O/c1-14(2)18(15-6-4-3-5-7-15)27-20(30)29-10-8-28(9-11-29)19-17(22)12-16(13-26-19)21(23,24)25/h3-7,12-14,18H,8-11H2,1-2H3,(H,27,30). The molecule has 3 rings (SSSR count). The molecule has 2 heterocycles. The molecule has 5 nitrogen and oxygen atoms in total. The highest BCUT2D eigenvalue weighted by atomic mass is 35.5. The van der Waals surface area contributed by atoms with Gasteiger partial charge in [-0.1, -0.05) is 55.8 Å². The van der Waals surface area contributed by atoms with E-state index in [2.05, 4.69) is 10.3 Å². The zero-order valence-corrected chi connectivity index (χ0v) is 17.5. The highest BCUT2D eigenvalue weighted by molar-refractivity contribution is 6.33. The summed E-state index contributed by atoms with van der Waals surface area (Å²) in [5.74, 6) is 0.516. The number of urea groups is 1. The number of alkyl halides is 3. The first-order valence-corrected chi connectivity index (χ1v) is 10.1. The minimum Gasteiger partial charge on any atom is -0.352 e. The van der Waals surface area contributed by atoms with Crippen molar-refractivity contribution in [1.29, 1.82) is 0 Å². The van der Waals surface area contributed by atoms with Crippen LogP contribution in [0.3, 0.4) is 0 Å². The summed E-state index contributed by atoms with van der Waals surface area (Å²) in [5, 5.41) is 3.04. The van der Waals surface area contributed by atoms with Crippen LogP contribution >= 0.6 is 11.6 Å². The van der Waals surface area contributed by atoms with Gasteiger partial charge in [0.05, 0.1) is 16.6 Å². The fourth-order valence-electron chi connectivity index (χ4n) is 3.46. The van der Waals surface area contributed by atoms with Crippen molar-refractivity contribution in [2.45, 2.75) is 26.1 Å². The number of nitrogens with zero attached hydrogens (tertiary/aromatic N) is 3. The van der Waals surface area contributed by atoms with Gasteiger partial charge in [0, 0.05) is 32.4 Å². The first-order valence-electron chi connectivity index (χ1n) is 9.75. The van der Waals surface area contributed by atoms with Gasteiger partial charge in [0.25, 0.3) is 0 Å². The minimum absolute atomic E-state index is 0.0494. The van der Waals surface area contributed by atoms with Crippen molar-refractivity contribution in [1.82, 2.24) is 15.2 Å². The van der Waals surface area contributed by atoms with Crippen LogP contribution in [0.25, 0.3) is 0 Å². The molecule has 0 radical (unpaired) electrons. The van der Waals surface area contributed by atoms with Crippen molar-refractivity contribution < 1.29 is 18.0 Å². The zero-order chi connectivity index (χ0) is 21.9. The number of hydrogen-bond donors (Lipinski definition) is 1. The molecular weight excluding hydrogens is 417 g/mol. The molecule has 0 saturated carbocycles. The molecule has 2 aromatic rings. The first kappa shape index (κ1) is 22.2. The molecule has 2 amide bonds. The Bertz CT molecular complexity index is 868. The van der Waals surface area contributed by atoms with Crippen LogP contribution in [0.15, 0.2) is 42.6 Å². The summed E-state index contributed by atoms with van der Waals surface area (Å²) in [6.45, 7) is 5.81. The van der Waals surface area contributed by atoms with Gasteiger partial charge in [-0.15, -0.1) is 0 Å². The summed E-state index contributed by atoms with van der Waals surface area (Å²) in [6, 6.07) is 10.4. The SMILES string of the molecule is CC(C)C(NC(=O)N1CCN(c2ncc(C(F)(F)F)cc2Cl)CC1)c1ccccc1. The lowest BCUT2D eigenvalue weighted by Crippen LogP contribution is -2.53. The molecule has 1 aliphatic rings. The Balaban J connectivity index is 1.62. The predicted octanol–water partition coefficient (Wildman–Crippen LogP) is 4.98. The minimum atomic E-state index is -4.49. The van der Waals surface area contributed by atoms with Crippen LogP contribution in [0.2, 0.25) is 5.02 Å². The molecule has 0 aliphatic carbocycles. The fourth-order valence-corrected chi connectivity index (χ4v) is 3.75. The molecule has 1 atom stereocenters. The Morgan fingerprint density at radius 1 is 1.13 bits per heavy atom. The number of amides is 2. The maximum absolute atomic E-state index is 12.8. The number of carbonyl (C=O) groups is 1. The lowest BCUT2D eigenvalue weighted by Gasteiger charge is -2.37. The van der Waals surface area contributed by atoms with E-state index in [1.54, 1.807) is 9.80 Å². The quantitative estimate of drug-likeness (QED) is 0.729. The molecule has 1 aromatic carbocycles. The van der Waals surface area contributed by atoms with E-state index in [9.17, 15) is 18.0 Å². The number of benzene rings is 1. The van der Waals surface area contributed by atoms with Gasteiger partial charge in [0.1, 0.15) is 5.82 Å². The molecule has 1 aromatic heterocycles. The third kappa shape index (κ3) is 5.16. The first-order chi connectivity index (χ1) is 14.2. The lowest BCUT2D eigenvalue weighted by atomic mass is 9.96. The van der Waals surface area contributed by atoms with Crippen molar-refractivity contribution in [3.8, 4) is 0 Å². The van der Waals surface area contributed by atoms with Crippen LogP contribution in [0.5, 0.6) is 0 Å². The van der Waals surface area contributed by atoms with Crippen molar-refractivity contribution >= 4 is 23.4 Å². The number of anilines is 1. The van der Waals surface area contributed by atoms with Gasteiger partial charge in [-0.05, 0) is 17.5 Å². The fraction of sp³-hybridized carbons (Fsp3) is 0.429. The maximum atomic E-state index is 12.8. The van der Waals surface area contributed by atoms with Gasteiger partial charge in [-0.3, -0.25) is 0 Å². The lowest BCUT2D eigenvalue weighted by molar-refractivity contribution is -0.137. The van der Waals surface area contributed by atoms with Crippen molar-refractivity contribution in [3.05, 3.63) is 58.7 Å². The Labute approximate surface area is 178 Å². The normalized spacial score (nSPS) is 16.0. The van der Waals surface area contributed by atoms with Crippen LogP contribution in [-0.2, 0) is 6.18 Å². The number of carbonyl (C=O) groups excluding carboxylic acids is 1. The van der Waals surface area contributed by atoms with E-state index in [1.165, 1.54) is 0 Å². The second-order valence-corrected chi connectivity index (χ2v) is 7.99. The third-order valence-corrected chi connectivity index (χ3v) is 5.40. The monoisotopic (exact) mass is 440 g/mol. The number of piperazine rings is 1. The Morgan fingerprint density at radius 3 is 2.30 bits per heavy atom. The smallest absolute Gasteiger partial charge is 0.352 e.